The third-order valence-electron chi connectivity index (χ3n) is 4.46. The molecule has 0 radical (unpaired) electrons. The van der Waals surface area contributed by atoms with Crippen LogP contribution in [0.1, 0.15) is 13.3 Å². The van der Waals surface area contributed by atoms with Gasteiger partial charge in [0, 0.05) is 52.1 Å². The van der Waals surface area contributed by atoms with Gasteiger partial charge >= 0.3 is 0 Å². The number of piperazine rings is 1. The van der Waals surface area contributed by atoms with E-state index in [2.05, 4.69) is 4.90 Å². The van der Waals surface area contributed by atoms with Crippen LogP contribution in [0.2, 0.25) is 0 Å². The number of hydrogen-bond donors (Lipinski definition) is 0. The molecule has 0 aromatic heterocycles. The molecule has 7 nitrogen and oxygen atoms in total. The summed E-state index contributed by atoms with van der Waals surface area (Å²) in [5.41, 5.74) is 0.612. The topological polar surface area (TPSA) is 62.3 Å². The summed E-state index contributed by atoms with van der Waals surface area (Å²) >= 11 is 0. The molecule has 25 heavy (non-hydrogen) atoms. The van der Waals surface area contributed by atoms with Crippen molar-refractivity contribution in [3.8, 4) is 11.5 Å². The van der Waals surface area contributed by atoms with Crippen LogP contribution in [0.4, 0.5) is 5.69 Å². The number of carbonyl (C=O) groups excluding carboxylic acids is 2. The van der Waals surface area contributed by atoms with Gasteiger partial charge in [-0.05, 0) is 19.2 Å². The van der Waals surface area contributed by atoms with Crippen molar-refractivity contribution < 1.29 is 19.1 Å². The summed E-state index contributed by atoms with van der Waals surface area (Å²) in [6.45, 7) is 5.02. The second-order valence-corrected chi connectivity index (χ2v) is 6.14. The lowest BCUT2D eigenvalue weighted by Crippen LogP contribution is -2.47. The van der Waals surface area contributed by atoms with Crippen LogP contribution < -0.4 is 14.4 Å². The van der Waals surface area contributed by atoms with E-state index in [9.17, 15) is 9.59 Å². The Morgan fingerprint density at radius 3 is 2.36 bits per heavy atom. The van der Waals surface area contributed by atoms with E-state index in [0.717, 1.165) is 26.2 Å². The number of likely N-dealkylation sites (N-methyl/N-ethyl adjacent to an activating group) is 1. The lowest BCUT2D eigenvalue weighted by Gasteiger charge is -2.33. The van der Waals surface area contributed by atoms with Crippen molar-refractivity contribution in [2.24, 2.45) is 0 Å². The first-order chi connectivity index (χ1) is 12.0. The highest BCUT2D eigenvalue weighted by atomic mass is 16.5. The average Bonchev–Trinajstić information content (AvgIpc) is 2.61. The van der Waals surface area contributed by atoms with Gasteiger partial charge in [-0.3, -0.25) is 9.59 Å². The van der Waals surface area contributed by atoms with Crippen molar-refractivity contribution >= 4 is 17.5 Å². The Morgan fingerprint density at radius 1 is 1.12 bits per heavy atom. The molecule has 1 aliphatic heterocycles. The van der Waals surface area contributed by atoms with Crippen molar-refractivity contribution in [3.63, 3.8) is 0 Å². The predicted octanol–water partition coefficient (Wildman–Crippen LogP) is 1.22. The van der Waals surface area contributed by atoms with E-state index in [4.69, 9.17) is 9.47 Å². The number of carbonyl (C=O) groups is 2. The largest absolute Gasteiger partial charge is 0.497 e. The third-order valence-corrected chi connectivity index (χ3v) is 4.46. The minimum Gasteiger partial charge on any atom is -0.497 e. The number of hydrogen-bond acceptors (Lipinski definition) is 5. The molecule has 1 aromatic rings. The number of amides is 2. The highest BCUT2D eigenvalue weighted by molar-refractivity contribution is 5.94. The van der Waals surface area contributed by atoms with Crippen LogP contribution in [0.15, 0.2) is 18.2 Å². The summed E-state index contributed by atoms with van der Waals surface area (Å²) in [5, 5.41) is 0. The number of nitrogens with zero attached hydrogens (tertiary/aromatic N) is 3. The first-order valence-corrected chi connectivity index (χ1v) is 8.42. The normalized spacial score (nSPS) is 15.0. The monoisotopic (exact) mass is 349 g/mol. The van der Waals surface area contributed by atoms with Crippen LogP contribution in [0.25, 0.3) is 0 Å². The third kappa shape index (κ3) is 4.85. The molecule has 7 heteroatoms. The molecular weight excluding hydrogens is 322 g/mol. The van der Waals surface area contributed by atoms with Crippen molar-refractivity contribution in [3.05, 3.63) is 18.2 Å². The summed E-state index contributed by atoms with van der Waals surface area (Å²) in [5.74, 6) is 1.13. The van der Waals surface area contributed by atoms with E-state index in [0.29, 0.717) is 23.7 Å². The molecule has 0 aliphatic carbocycles. The zero-order valence-corrected chi connectivity index (χ0v) is 15.4. The van der Waals surface area contributed by atoms with Crippen LogP contribution in [0, 0.1) is 0 Å². The molecule has 0 saturated carbocycles. The van der Waals surface area contributed by atoms with Gasteiger partial charge in [0.1, 0.15) is 11.5 Å². The maximum Gasteiger partial charge on any atom is 0.224 e. The minimum atomic E-state index is -0.141. The number of methoxy groups -OCH3 is 2. The summed E-state index contributed by atoms with van der Waals surface area (Å²) in [7, 11) is 5.17. The summed E-state index contributed by atoms with van der Waals surface area (Å²) in [6.07, 6.45) is 0.281. The first-order valence-electron chi connectivity index (χ1n) is 8.42. The van der Waals surface area contributed by atoms with Crippen molar-refractivity contribution in [2.75, 3.05) is 58.9 Å². The van der Waals surface area contributed by atoms with Gasteiger partial charge in [0.05, 0.1) is 19.9 Å². The Labute approximate surface area is 149 Å². The van der Waals surface area contributed by atoms with Gasteiger partial charge in [0.2, 0.25) is 11.8 Å². The molecule has 2 rings (SSSR count). The lowest BCUT2D eigenvalue weighted by molar-refractivity contribution is -0.132. The zero-order chi connectivity index (χ0) is 18.4. The number of ether oxygens (including phenoxy) is 2. The molecule has 1 heterocycles. The van der Waals surface area contributed by atoms with Gasteiger partial charge in [-0.2, -0.15) is 0 Å². The Hall–Kier alpha value is -2.28. The van der Waals surface area contributed by atoms with Crippen LogP contribution in [0.3, 0.4) is 0 Å². The smallest absolute Gasteiger partial charge is 0.224 e. The molecule has 0 atom stereocenters. The van der Waals surface area contributed by atoms with Crippen LogP contribution in [0.5, 0.6) is 11.5 Å². The first kappa shape index (κ1) is 19.1. The van der Waals surface area contributed by atoms with Gasteiger partial charge in [-0.1, -0.05) is 0 Å². The van der Waals surface area contributed by atoms with E-state index in [1.54, 1.807) is 37.3 Å². The molecule has 0 spiro atoms. The van der Waals surface area contributed by atoms with E-state index < -0.39 is 0 Å². The van der Waals surface area contributed by atoms with Crippen molar-refractivity contribution in [1.29, 1.82) is 0 Å². The quantitative estimate of drug-likeness (QED) is 0.773. The summed E-state index contributed by atoms with van der Waals surface area (Å²) < 4.78 is 10.6. The van der Waals surface area contributed by atoms with Crippen LogP contribution >= 0.6 is 0 Å². The molecule has 0 bridgehead atoms. The molecule has 138 valence electrons. The van der Waals surface area contributed by atoms with Gasteiger partial charge in [-0.15, -0.1) is 0 Å². The van der Waals surface area contributed by atoms with Crippen LogP contribution in [-0.4, -0.2) is 75.6 Å². The second-order valence-electron chi connectivity index (χ2n) is 6.14. The summed E-state index contributed by atoms with van der Waals surface area (Å²) in [6, 6.07) is 5.28. The lowest BCUT2D eigenvalue weighted by atomic mass is 10.2. The Morgan fingerprint density at radius 2 is 1.80 bits per heavy atom. The Balaban J connectivity index is 2.09. The standard InChI is InChI=1S/C18H27N3O4/c1-14(22)21(16-13-15(24-3)5-6-17(16)25-4)8-7-18(23)20-11-9-19(2)10-12-20/h5-6,13H,7-12H2,1-4H3. The van der Waals surface area contributed by atoms with Crippen molar-refractivity contribution in [1.82, 2.24) is 9.80 Å². The van der Waals surface area contributed by atoms with Gasteiger partial charge < -0.3 is 24.2 Å². The highest BCUT2D eigenvalue weighted by Gasteiger charge is 2.22. The fourth-order valence-corrected chi connectivity index (χ4v) is 2.88. The molecular formula is C18H27N3O4. The second kappa shape index (κ2) is 8.71. The molecule has 1 fully saturated rings. The van der Waals surface area contributed by atoms with Gasteiger partial charge in [0.15, 0.2) is 0 Å². The molecule has 0 N–H and O–H groups in total. The Bertz CT molecular complexity index is 612. The van der Waals surface area contributed by atoms with Gasteiger partial charge in [0.25, 0.3) is 0 Å². The average molecular weight is 349 g/mol. The Kier molecular flexibility index (Phi) is 6.64. The van der Waals surface area contributed by atoms with E-state index in [1.807, 2.05) is 11.9 Å². The molecule has 1 aromatic carbocycles. The fraction of sp³-hybridized carbons (Fsp3) is 0.556. The zero-order valence-electron chi connectivity index (χ0n) is 15.4. The van der Waals surface area contributed by atoms with E-state index in [-0.39, 0.29) is 18.2 Å². The van der Waals surface area contributed by atoms with E-state index in [1.165, 1.54) is 6.92 Å². The molecule has 1 aliphatic rings. The molecule has 2 amide bonds. The highest BCUT2D eigenvalue weighted by Crippen LogP contribution is 2.32. The number of rotatable bonds is 6. The van der Waals surface area contributed by atoms with Crippen molar-refractivity contribution in [2.45, 2.75) is 13.3 Å². The number of anilines is 1. The van der Waals surface area contributed by atoms with Crippen LogP contribution in [-0.2, 0) is 9.59 Å². The number of benzene rings is 1. The van der Waals surface area contributed by atoms with Gasteiger partial charge in [-0.25, -0.2) is 0 Å². The SMILES string of the molecule is COc1ccc(OC)c(N(CCC(=O)N2CCN(C)CC2)C(C)=O)c1. The predicted molar refractivity (Wildman–Crippen MR) is 96.3 cm³/mol. The fourth-order valence-electron chi connectivity index (χ4n) is 2.88. The molecule has 0 unspecified atom stereocenters. The van der Waals surface area contributed by atoms with E-state index >= 15 is 0 Å². The summed E-state index contributed by atoms with van der Waals surface area (Å²) in [4.78, 5) is 30.2. The molecule has 1 saturated heterocycles. The maximum atomic E-state index is 12.5. The maximum absolute atomic E-state index is 12.5. The minimum absolute atomic E-state index is 0.0706.